The third-order valence-electron chi connectivity index (χ3n) is 4.32. The zero-order valence-corrected chi connectivity index (χ0v) is 18.0. The second-order valence-corrected chi connectivity index (χ2v) is 8.84. The fraction of sp³-hybridized carbons (Fsp3) is 0.368. The van der Waals surface area contributed by atoms with Crippen molar-refractivity contribution in [1.82, 2.24) is 10.3 Å². The van der Waals surface area contributed by atoms with Gasteiger partial charge in [-0.05, 0) is 24.6 Å². The van der Waals surface area contributed by atoms with Crippen LogP contribution in [0.1, 0.15) is 29.7 Å². The first-order valence-corrected chi connectivity index (χ1v) is 10.9. The van der Waals surface area contributed by atoms with Gasteiger partial charge in [0.2, 0.25) is 15.9 Å². The van der Waals surface area contributed by atoms with Gasteiger partial charge in [-0.1, -0.05) is 18.2 Å². The van der Waals surface area contributed by atoms with E-state index in [1.54, 1.807) is 0 Å². The van der Waals surface area contributed by atoms with Gasteiger partial charge in [-0.25, -0.2) is 17.8 Å². The van der Waals surface area contributed by atoms with Crippen molar-refractivity contribution in [2.24, 2.45) is 0 Å². The summed E-state index contributed by atoms with van der Waals surface area (Å²) in [5, 5.41) is 2.57. The van der Waals surface area contributed by atoms with Gasteiger partial charge in [0.05, 0.1) is 17.9 Å². The largest absolute Gasteiger partial charge is 0.433 e. The van der Waals surface area contributed by atoms with E-state index in [2.05, 4.69) is 15.0 Å². The third-order valence-corrected chi connectivity index (χ3v) is 4.89. The lowest BCUT2D eigenvalue weighted by molar-refractivity contribution is -0.141. The highest BCUT2D eigenvalue weighted by Gasteiger charge is 2.33. The maximum absolute atomic E-state index is 14.2. The van der Waals surface area contributed by atoms with E-state index in [9.17, 15) is 30.8 Å². The lowest BCUT2D eigenvalue weighted by Crippen LogP contribution is -2.29. The van der Waals surface area contributed by atoms with Crippen molar-refractivity contribution in [3.63, 3.8) is 0 Å². The molecule has 2 aromatic rings. The highest BCUT2D eigenvalue weighted by Crippen LogP contribution is 2.31. The van der Waals surface area contributed by atoms with Crippen LogP contribution in [0, 0.1) is 5.82 Å². The first-order valence-electron chi connectivity index (χ1n) is 8.99. The lowest BCUT2D eigenvalue weighted by atomic mass is 9.98. The molecule has 0 bridgehead atoms. The second kappa shape index (κ2) is 9.08. The van der Waals surface area contributed by atoms with Gasteiger partial charge in [0.25, 0.3) is 0 Å². The van der Waals surface area contributed by atoms with Crippen LogP contribution in [0.3, 0.4) is 0 Å². The number of nitrogens with zero attached hydrogens (tertiary/aromatic N) is 2. The van der Waals surface area contributed by atoms with Crippen molar-refractivity contribution in [2.45, 2.75) is 25.6 Å². The number of carbonyl (C=O) groups is 1. The molecule has 1 aromatic carbocycles. The molecule has 7 nitrogen and oxygen atoms in total. The van der Waals surface area contributed by atoms with Crippen LogP contribution in [0.25, 0.3) is 0 Å². The average molecular weight is 462 g/mol. The van der Waals surface area contributed by atoms with Crippen molar-refractivity contribution in [2.75, 3.05) is 30.0 Å². The van der Waals surface area contributed by atoms with Gasteiger partial charge in [0.1, 0.15) is 17.3 Å². The van der Waals surface area contributed by atoms with E-state index in [1.807, 2.05) is 0 Å². The van der Waals surface area contributed by atoms with Crippen LogP contribution in [0.2, 0.25) is 0 Å². The molecule has 1 atom stereocenters. The van der Waals surface area contributed by atoms with E-state index in [0.717, 1.165) is 18.4 Å². The summed E-state index contributed by atoms with van der Waals surface area (Å²) in [6, 6.07) is 5.84. The summed E-state index contributed by atoms with van der Waals surface area (Å²) in [6.45, 7) is 1.32. The van der Waals surface area contributed by atoms with Crippen LogP contribution >= 0.6 is 0 Å². The van der Waals surface area contributed by atoms with Crippen LogP contribution < -0.4 is 14.9 Å². The van der Waals surface area contributed by atoms with Gasteiger partial charge in [0.15, 0.2) is 0 Å². The number of halogens is 4. The standard InChI is InChI=1S/C19H22F4N4O3S/c1-11(13-6-5-7-14(20)16(13)26-31(4,29)30)18(28)24-10-12-8-9-15(19(21,22)23)25-17(12)27(2)3/h5-9,11,26H,10H2,1-4H3,(H,24,28). The molecule has 1 unspecified atom stereocenters. The number of hydrogen-bond donors (Lipinski definition) is 2. The van der Waals surface area contributed by atoms with Crippen LogP contribution in [0.4, 0.5) is 29.1 Å². The number of carbonyl (C=O) groups excluding carboxylic acids is 1. The van der Waals surface area contributed by atoms with Crippen molar-refractivity contribution in [3.05, 3.63) is 53.0 Å². The lowest BCUT2D eigenvalue weighted by Gasteiger charge is -2.20. The zero-order chi connectivity index (χ0) is 23.6. The summed E-state index contributed by atoms with van der Waals surface area (Å²) in [4.78, 5) is 17.6. The number of anilines is 2. The molecule has 1 aromatic heterocycles. The van der Waals surface area contributed by atoms with Crippen molar-refractivity contribution >= 4 is 27.4 Å². The molecule has 170 valence electrons. The number of alkyl halides is 3. The van der Waals surface area contributed by atoms with E-state index < -0.39 is 39.5 Å². The summed E-state index contributed by atoms with van der Waals surface area (Å²) in [5.41, 5.74) is -0.942. The van der Waals surface area contributed by atoms with E-state index in [1.165, 1.54) is 44.1 Å². The highest BCUT2D eigenvalue weighted by molar-refractivity contribution is 7.92. The number of benzene rings is 1. The predicted octanol–water partition coefficient (Wildman–Crippen LogP) is 3.10. The number of amides is 1. The maximum atomic E-state index is 14.2. The molecule has 31 heavy (non-hydrogen) atoms. The number of rotatable bonds is 7. The molecule has 0 radical (unpaired) electrons. The van der Waals surface area contributed by atoms with E-state index >= 15 is 0 Å². The van der Waals surface area contributed by atoms with Crippen LogP contribution in [-0.2, 0) is 27.5 Å². The number of sulfonamides is 1. The monoisotopic (exact) mass is 462 g/mol. The molecule has 0 saturated carbocycles. The smallest absolute Gasteiger partial charge is 0.362 e. The summed E-state index contributed by atoms with van der Waals surface area (Å²) in [7, 11) is -0.755. The van der Waals surface area contributed by atoms with Crippen LogP contribution in [0.5, 0.6) is 0 Å². The molecule has 0 spiro atoms. The Hall–Kier alpha value is -2.89. The van der Waals surface area contributed by atoms with Gasteiger partial charge in [-0.15, -0.1) is 0 Å². The van der Waals surface area contributed by atoms with E-state index in [0.29, 0.717) is 5.56 Å². The molecule has 2 N–H and O–H groups in total. The van der Waals surface area contributed by atoms with E-state index in [-0.39, 0.29) is 23.6 Å². The van der Waals surface area contributed by atoms with Gasteiger partial charge in [0, 0.05) is 26.2 Å². The molecule has 0 saturated heterocycles. The molecular formula is C19H22F4N4O3S. The predicted molar refractivity (Wildman–Crippen MR) is 109 cm³/mol. The fourth-order valence-corrected chi connectivity index (χ4v) is 3.42. The Balaban J connectivity index is 2.25. The highest BCUT2D eigenvalue weighted by atomic mass is 32.2. The average Bonchev–Trinajstić information content (AvgIpc) is 2.65. The first-order chi connectivity index (χ1) is 14.2. The molecule has 0 aliphatic rings. The molecule has 12 heteroatoms. The Morgan fingerprint density at radius 3 is 2.39 bits per heavy atom. The zero-order valence-electron chi connectivity index (χ0n) is 17.2. The molecule has 1 amide bonds. The maximum Gasteiger partial charge on any atom is 0.433 e. The van der Waals surface area contributed by atoms with Crippen molar-refractivity contribution < 1.29 is 30.8 Å². The van der Waals surface area contributed by atoms with Gasteiger partial charge in [-0.2, -0.15) is 13.2 Å². The van der Waals surface area contributed by atoms with Crippen LogP contribution in [0.15, 0.2) is 30.3 Å². The molecular weight excluding hydrogens is 440 g/mol. The summed E-state index contributed by atoms with van der Waals surface area (Å²) in [5.74, 6) is -2.34. The SMILES string of the molecule is CC(C(=O)NCc1ccc(C(F)(F)F)nc1N(C)C)c1cccc(F)c1NS(C)(=O)=O. The Kier molecular flexibility index (Phi) is 7.14. The minimum atomic E-state index is -4.61. The normalized spacial score (nSPS) is 12.9. The quantitative estimate of drug-likeness (QED) is 0.617. The van der Waals surface area contributed by atoms with Gasteiger partial charge >= 0.3 is 6.18 Å². The summed E-state index contributed by atoms with van der Waals surface area (Å²) in [6.07, 6.45) is -3.75. The van der Waals surface area contributed by atoms with Crippen LogP contribution in [-0.4, -0.2) is 39.7 Å². The number of pyridine rings is 1. The molecule has 1 heterocycles. The Morgan fingerprint density at radius 2 is 1.84 bits per heavy atom. The minimum absolute atomic E-state index is 0.0352. The topological polar surface area (TPSA) is 91.4 Å². The molecule has 0 aliphatic heterocycles. The fourth-order valence-electron chi connectivity index (χ4n) is 2.83. The third kappa shape index (κ3) is 6.29. The Morgan fingerprint density at radius 1 is 1.19 bits per heavy atom. The summed E-state index contributed by atoms with van der Waals surface area (Å²) < 4.78 is 78.1. The number of para-hydroxylation sites is 1. The van der Waals surface area contributed by atoms with E-state index in [4.69, 9.17) is 0 Å². The van der Waals surface area contributed by atoms with Gasteiger partial charge < -0.3 is 10.2 Å². The molecule has 0 fully saturated rings. The number of aromatic nitrogens is 1. The Labute approximate surface area is 177 Å². The second-order valence-electron chi connectivity index (χ2n) is 7.09. The van der Waals surface area contributed by atoms with Crippen molar-refractivity contribution in [1.29, 1.82) is 0 Å². The first kappa shape index (κ1) is 24.4. The number of nitrogens with one attached hydrogen (secondary N) is 2. The summed E-state index contributed by atoms with van der Waals surface area (Å²) >= 11 is 0. The molecule has 2 rings (SSSR count). The van der Waals surface area contributed by atoms with Crippen molar-refractivity contribution in [3.8, 4) is 0 Å². The number of hydrogen-bond acceptors (Lipinski definition) is 5. The molecule has 0 aliphatic carbocycles. The van der Waals surface area contributed by atoms with Gasteiger partial charge in [-0.3, -0.25) is 9.52 Å². The minimum Gasteiger partial charge on any atom is -0.362 e. The Bertz CT molecular complexity index is 1070.